The quantitative estimate of drug-likeness (QED) is 0.385. The lowest BCUT2D eigenvalue weighted by Gasteiger charge is -2.49. The number of amidine groups is 1. The number of piperidine rings is 2. The van der Waals surface area contributed by atoms with Crippen LogP contribution in [0.4, 0.5) is 10.5 Å². The number of fused-ring (bicyclic) bond motifs is 2. The number of primary amides is 1. The largest absolute Gasteiger partial charge is 0.351 e. The highest BCUT2D eigenvalue weighted by Crippen LogP contribution is 2.37. The van der Waals surface area contributed by atoms with Crippen LogP contribution in [-0.2, 0) is 0 Å². The van der Waals surface area contributed by atoms with Gasteiger partial charge in [-0.05, 0) is 44.9 Å². The van der Waals surface area contributed by atoms with E-state index in [0.29, 0.717) is 23.3 Å². The summed E-state index contributed by atoms with van der Waals surface area (Å²) in [5, 5.41) is 17.0. The Morgan fingerprint density at radius 1 is 1.33 bits per heavy atom. The zero-order chi connectivity index (χ0) is 17.3. The molecule has 7 nitrogen and oxygen atoms in total. The van der Waals surface area contributed by atoms with Gasteiger partial charge in [0.2, 0.25) is 0 Å². The van der Waals surface area contributed by atoms with E-state index in [4.69, 9.17) is 16.4 Å². The molecule has 2 amide bonds. The number of anilines is 1. The Balaban J connectivity index is 1.94. The Morgan fingerprint density at radius 2 is 1.96 bits per heavy atom. The Hall–Kier alpha value is -2.12. The highest BCUT2D eigenvalue weighted by Gasteiger charge is 2.40. The number of nitrogens with one attached hydrogen (secondary N) is 2. The van der Waals surface area contributed by atoms with Crippen LogP contribution in [0.2, 0.25) is 0 Å². The zero-order valence-electron chi connectivity index (χ0n) is 13.9. The first-order valence-corrected chi connectivity index (χ1v) is 8.41. The summed E-state index contributed by atoms with van der Waals surface area (Å²) in [6, 6.07) is 7.50. The number of urea groups is 1. The molecular formula is C17H25N5O2. The fraction of sp³-hybridized carbons (Fsp3) is 0.529. The van der Waals surface area contributed by atoms with Crippen molar-refractivity contribution in [3.05, 3.63) is 29.8 Å². The average molecular weight is 331 g/mol. The molecule has 2 fully saturated rings. The number of benzene rings is 1. The van der Waals surface area contributed by atoms with E-state index in [-0.39, 0.29) is 11.9 Å². The molecule has 0 aliphatic carbocycles. The van der Waals surface area contributed by atoms with Crippen molar-refractivity contribution in [3.63, 3.8) is 0 Å². The Kier molecular flexibility index (Phi) is 4.73. The van der Waals surface area contributed by atoms with Crippen LogP contribution in [0.5, 0.6) is 0 Å². The minimum atomic E-state index is -0.513. The maximum Gasteiger partial charge on any atom is 0.319 e. The molecule has 2 bridgehead atoms. The van der Waals surface area contributed by atoms with E-state index < -0.39 is 6.03 Å². The highest BCUT2D eigenvalue weighted by atomic mass is 16.5. The third kappa shape index (κ3) is 2.97. The van der Waals surface area contributed by atoms with Gasteiger partial charge in [-0.25, -0.2) is 4.79 Å². The molecule has 3 rings (SSSR count). The number of nitrogens with zero attached hydrogens (tertiary/aromatic N) is 2. The number of para-hydroxylation sites is 1. The molecule has 2 saturated heterocycles. The summed E-state index contributed by atoms with van der Waals surface area (Å²) >= 11 is 0. The third-order valence-electron chi connectivity index (χ3n) is 5.46. The number of amides is 2. The molecule has 0 saturated carbocycles. The van der Waals surface area contributed by atoms with E-state index in [1.54, 1.807) is 23.1 Å². The smallest absolute Gasteiger partial charge is 0.319 e. The summed E-state index contributed by atoms with van der Waals surface area (Å²) in [6.07, 6.45) is 5.28. The summed E-state index contributed by atoms with van der Waals surface area (Å²) < 4.78 is 0. The molecular weight excluding hydrogens is 306 g/mol. The Bertz CT molecular complexity index is 621. The molecule has 2 heterocycles. The van der Waals surface area contributed by atoms with Crippen LogP contribution in [0.15, 0.2) is 24.3 Å². The normalized spacial score (nSPS) is 26.7. The SMILES string of the molecule is CN1[C@@H]2CCC[C@H]1C[C@@H](N(C(N)=O)c1ccccc1C(=N)NO)C2. The van der Waals surface area contributed by atoms with E-state index in [2.05, 4.69) is 11.9 Å². The molecule has 24 heavy (non-hydrogen) atoms. The number of hydroxylamine groups is 1. The number of rotatable bonds is 3. The van der Waals surface area contributed by atoms with Crippen molar-refractivity contribution < 1.29 is 10.0 Å². The lowest BCUT2D eigenvalue weighted by atomic mass is 9.81. The first-order valence-electron chi connectivity index (χ1n) is 8.41. The highest BCUT2D eigenvalue weighted by molar-refractivity contribution is 6.05. The van der Waals surface area contributed by atoms with Gasteiger partial charge in [0.15, 0.2) is 5.84 Å². The number of carbonyl (C=O) groups is 1. The monoisotopic (exact) mass is 331 g/mol. The van der Waals surface area contributed by atoms with Gasteiger partial charge < -0.3 is 10.6 Å². The fourth-order valence-corrected chi connectivity index (χ4v) is 4.25. The van der Waals surface area contributed by atoms with Crippen LogP contribution in [0.3, 0.4) is 0 Å². The van der Waals surface area contributed by atoms with Gasteiger partial charge in [0, 0.05) is 23.7 Å². The summed E-state index contributed by atoms with van der Waals surface area (Å²) in [5.74, 6) is -0.148. The second-order valence-electron chi connectivity index (χ2n) is 6.74. The van der Waals surface area contributed by atoms with Crippen LogP contribution in [0.1, 0.15) is 37.7 Å². The molecule has 0 unspecified atom stereocenters. The summed E-state index contributed by atoms with van der Waals surface area (Å²) in [6.45, 7) is 0. The minimum Gasteiger partial charge on any atom is -0.351 e. The van der Waals surface area contributed by atoms with E-state index in [1.807, 2.05) is 11.5 Å². The molecule has 7 heteroatoms. The van der Waals surface area contributed by atoms with Gasteiger partial charge in [-0.15, -0.1) is 0 Å². The van der Waals surface area contributed by atoms with Gasteiger partial charge in [-0.3, -0.25) is 21.0 Å². The first-order chi connectivity index (χ1) is 11.5. The summed E-state index contributed by atoms with van der Waals surface area (Å²) in [4.78, 5) is 16.3. The minimum absolute atomic E-state index is 0.0154. The van der Waals surface area contributed by atoms with Gasteiger partial charge in [-0.2, -0.15) is 0 Å². The van der Waals surface area contributed by atoms with Crippen LogP contribution in [0, 0.1) is 5.41 Å². The van der Waals surface area contributed by atoms with Crippen molar-refractivity contribution in [1.29, 1.82) is 5.41 Å². The second-order valence-corrected chi connectivity index (χ2v) is 6.74. The third-order valence-corrected chi connectivity index (χ3v) is 5.46. The molecule has 2 aliphatic rings. The molecule has 5 N–H and O–H groups in total. The average Bonchev–Trinajstić information content (AvgIpc) is 2.55. The molecule has 1 aromatic rings. The molecule has 2 aliphatic heterocycles. The topological polar surface area (TPSA) is 106 Å². The van der Waals surface area contributed by atoms with Crippen molar-refractivity contribution in [2.45, 2.75) is 50.2 Å². The standard InChI is InChI=1S/C17H25N5O2/c1-21-11-5-4-6-12(21)10-13(9-11)22(17(19)23)15-8-3-2-7-14(15)16(18)20-24/h2-3,7-8,11-13,24H,4-6,9-10H2,1H3,(H2,18,20)(H2,19,23)/t11-,12+,13+. The maximum atomic E-state index is 12.2. The lowest BCUT2D eigenvalue weighted by Crippen LogP contribution is -2.57. The maximum absolute atomic E-state index is 12.2. The van der Waals surface area contributed by atoms with Gasteiger partial charge in [0.1, 0.15) is 0 Å². The summed E-state index contributed by atoms with van der Waals surface area (Å²) in [5.41, 5.74) is 8.61. The van der Waals surface area contributed by atoms with Crippen molar-refractivity contribution >= 4 is 17.6 Å². The summed E-state index contributed by atoms with van der Waals surface area (Å²) in [7, 11) is 2.17. The number of hydrogen-bond donors (Lipinski definition) is 4. The Morgan fingerprint density at radius 3 is 2.54 bits per heavy atom. The number of carbonyl (C=O) groups excluding carboxylic acids is 1. The predicted octanol–water partition coefficient (Wildman–Crippen LogP) is 1.89. The van der Waals surface area contributed by atoms with Crippen LogP contribution >= 0.6 is 0 Å². The Labute approximate surface area is 141 Å². The van der Waals surface area contributed by atoms with Crippen LogP contribution in [0.25, 0.3) is 0 Å². The van der Waals surface area contributed by atoms with Crippen LogP contribution in [-0.4, -0.2) is 47.1 Å². The molecule has 3 atom stereocenters. The molecule has 1 aromatic carbocycles. The predicted molar refractivity (Wildman–Crippen MR) is 92.5 cm³/mol. The molecule has 0 aromatic heterocycles. The lowest BCUT2D eigenvalue weighted by molar-refractivity contribution is 0.0564. The first kappa shape index (κ1) is 16.7. The fourth-order valence-electron chi connectivity index (χ4n) is 4.25. The van der Waals surface area contributed by atoms with Gasteiger partial charge in [-0.1, -0.05) is 18.6 Å². The van der Waals surface area contributed by atoms with Crippen molar-refractivity contribution in [3.8, 4) is 0 Å². The van der Waals surface area contributed by atoms with Crippen molar-refractivity contribution in [2.75, 3.05) is 11.9 Å². The molecule has 0 radical (unpaired) electrons. The molecule has 0 spiro atoms. The second kappa shape index (κ2) is 6.78. The molecule has 130 valence electrons. The zero-order valence-corrected chi connectivity index (χ0v) is 13.9. The van der Waals surface area contributed by atoms with Gasteiger partial charge in [0.05, 0.1) is 5.69 Å². The van der Waals surface area contributed by atoms with Crippen molar-refractivity contribution in [1.82, 2.24) is 10.4 Å². The van der Waals surface area contributed by atoms with Crippen molar-refractivity contribution in [2.24, 2.45) is 5.73 Å². The van der Waals surface area contributed by atoms with E-state index in [1.165, 1.54) is 6.42 Å². The van der Waals surface area contributed by atoms with Gasteiger partial charge >= 0.3 is 6.03 Å². The number of hydrogen-bond acceptors (Lipinski definition) is 4. The van der Waals surface area contributed by atoms with E-state index in [9.17, 15) is 4.79 Å². The van der Waals surface area contributed by atoms with Gasteiger partial charge in [0.25, 0.3) is 0 Å². The number of nitrogens with two attached hydrogens (primary N) is 1. The van der Waals surface area contributed by atoms with Crippen LogP contribution < -0.4 is 16.1 Å². The van der Waals surface area contributed by atoms with E-state index in [0.717, 1.165) is 25.7 Å². The van der Waals surface area contributed by atoms with E-state index >= 15 is 0 Å².